The number of ether oxygens (including phenoxy) is 2. The molecule has 1 heterocycles. The predicted octanol–water partition coefficient (Wildman–Crippen LogP) is 2.13. The Morgan fingerprint density at radius 2 is 2.85 bits per heavy atom. The molecule has 0 spiro atoms. The molecule has 0 amide bonds. The van der Waals surface area contributed by atoms with Crippen molar-refractivity contribution in [3.8, 4) is 12.3 Å². The summed E-state index contributed by atoms with van der Waals surface area (Å²) in [6, 6.07) is 0. The molecule has 0 N–H and O–H groups in total. The van der Waals surface area contributed by atoms with Crippen molar-refractivity contribution < 1.29 is 10.8 Å². The molecule has 1 aliphatic heterocycles. The van der Waals surface area contributed by atoms with E-state index in [2.05, 4.69) is 28.5 Å². The highest BCUT2D eigenvalue weighted by Gasteiger charge is 2.28. The Morgan fingerprint density at radius 1 is 2.00 bits per heavy atom. The van der Waals surface area contributed by atoms with Gasteiger partial charge in [-0.25, -0.2) is 0 Å². The molecule has 1 rings (SSSR count). The zero-order valence-electron chi connectivity index (χ0n) is 8.28. The Bertz CT molecular complexity index is 237. The first-order chi connectivity index (χ1) is 6.77. The van der Waals surface area contributed by atoms with E-state index in [9.17, 15) is 0 Å². The van der Waals surface area contributed by atoms with Gasteiger partial charge in [0, 0.05) is 6.42 Å². The van der Waals surface area contributed by atoms with Gasteiger partial charge < -0.3 is 9.47 Å². The lowest BCUT2D eigenvalue weighted by molar-refractivity contribution is -0.125. The second-order valence-electron chi connectivity index (χ2n) is 2.82. The summed E-state index contributed by atoms with van der Waals surface area (Å²) in [5.41, 5.74) is 0. The van der Waals surface area contributed by atoms with Crippen LogP contribution in [-0.2, 0) is 9.47 Å². The highest BCUT2D eigenvalue weighted by atomic mass is 127. The third-order valence-electron chi connectivity index (χ3n) is 1.81. The smallest absolute Gasteiger partial charge is 0.170 e. The van der Waals surface area contributed by atoms with Crippen LogP contribution in [0.15, 0.2) is 12.6 Å². The summed E-state index contributed by atoms with van der Waals surface area (Å²) in [6.45, 7) is 1.95. The van der Waals surface area contributed by atoms with Crippen LogP contribution in [0.25, 0.3) is 0 Å². The molecule has 1 aliphatic rings. The molecule has 0 aromatic carbocycles. The van der Waals surface area contributed by atoms with Crippen LogP contribution in [0.5, 0.6) is 0 Å². The van der Waals surface area contributed by atoms with E-state index >= 15 is 0 Å². The fourth-order valence-electron chi connectivity index (χ4n) is 1.11. The minimum absolute atomic E-state index is 0.176. The van der Waals surface area contributed by atoms with Crippen LogP contribution >= 0.6 is 22.6 Å². The summed E-state index contributed by atoms with van der Waals surface area (Å²) < 4.78 is 18.4. The number of hydrogen-bond donors (Lipinski definition) is 0. The fourth-order valence-corrected chi connectivity index (χ4v) is 1.74. The van der Waals surface area contributed by atoms with Crippen molar-refractivity contribution in [2.45, 2.75) is 29.2 Å². The quantitative estimate of drug-likeness (QED) is 0.342. The number of alkyl halides is 1. The van der Waals surface area contributed by atoms with Crippen LogP contribution in [0.1, 0.15) is 14.2 Å². The molecule has 2 nitrogen and oxygen atoms in total. The van der Waals surface area contributed by atoms with Crippen LogP contribution in [0, 0.1) is 12.3 Å². The lowest BCUT2D eigenvalue weighted by atomic mass is 10.2. The fraction of sp³-hybridized carbons (Fsp3) is 0.600. The van der Waals surface area contributed by atoms with Gasteiger partial charge in [-0.3, -0.25) is 0 Å². The van der Waals surface area contributed by atoms with Gasteiger partial charge in [-0.1, -0.05) is 28.7 Å². The minimum atomic E-state index is -0.196. The highest BCUT2D eigenvalue weighted by Crippen LogP contribution is 2.24. The van der Waals surface area contributed by atoms with E-state index < -0.39 is 0 Å². The summed E-state index contributed by atoms with van der Waals surface area (Å²) in [7, 11) is 0. The van der Waals surface area contributed by atoms with Gasteiger partial charge >= 0.3 is 0 Å². The average Bonchev–Trinajstić information content (AvgIpc) is 2.53. The van der Waals surface area contributed by atoms with Gasteiger partial charge in [0.1, 0.15) is 0 Å². The third-order valence-corrected chi connectivity index (χ3v) is 3.02. The van der Waals surface area contributed by atoms with Crippen LogP contribution in [-0.4, -0.2) is 22.9 Å². The Kier molecular flexibility index (Phi) is 4.12. The second-order valence-corrected chi connectivity index (χ2v) is 4.42. The van der Waals surface area contributed by atoms with E-state index in [1.54, 1.807) is 6.08 Å². The van der Waals surface area contributed by atoms with Gasteiger partial charge in [0.25, 0.3) is 0 Å². The molecule has 0 aromatic rings. The van der Waals surface area contributed by atoms with Crippen molar-refractivity contribution in [2.75, 3.05) is 6.61 Å². The van der Waals surface area contributed by atoms with Gasteiger partial charge in [0.15, 0.2) is 6.29 Å². The van der Waals surface area contributed by atoms with E-state index in [1.165, 1.54) is 6.55 Å². The summed E-state index contributed by atoms with van der Waals surface area (Å²) in [6.07, 6.45) is 7.97. The first-order valence-corrected chi connectivity index (χ1v) is 5.42. The maximum Gasteiger partial charge on any atom is 0.170 e. The first kappa shape index (κ1) is 9.50. The standard InChI is InChI=1S/C10H13IO2/c1-3-5-8(4-2)13-10-9(11)6-7-12-10/h1,4,8-10H,2,5-7H2/t8-,9-,10+/m0/s1/i2D. The van der Waals surface area contributed by atoms with Gasteiger partial charge in [-0.15, -0.1) is 18.9 Å². The molecule has 0 bridgehead atoms. The van der Waals surface area contributed by atoms with Crippen molar-refractivity contribution >= 4 is 22.6 Å². The lowest BCUT2D eigenvalue weighted by Gasteiger charge is -2.19. The molecule has 0 unspecified atom stereocenters. The van der Waals surface area contributed by atoms with Gasteiger partial charge in [0.2, 0.25) is 0 Å². The van der Waals surface area contributed by atoms with E-state index in [1.807, 2.05) is 0 Å². The second kappa shape index (κ2) is 5.63. The van der Waals surface area contributed by atoms with Crippen molar-refractivity contribution in [1.82, 2.24) is 0 Å². The van der Waals surface area contributed by atoms with E-state index in [0.29, 0.717) is 10.3 Å². The molecule has 0 saturated carbocycles. The molecule has 1 saturated heterocycles. The highest BCUT2D eigenvalue weighted by molar-refractivity contribution is 14.1. The average molecular weight is 293 g/mol. The van der Waals surface area contributed by atoms with Crippen LogP contribution in [0.2, 0.25) is 0 Å². The number of rotatable bonds is 4. The maximum absolute atomic E-state index is 6.96. The summed E-state index contributed by atoms with van der Waals surface area (Å²) in [4.78, 5) is 0. The molecular formula is C10H13IO2. The van der Waals surface area contributed by atoms with E-state index in [4.69, 9.17) is 17.3 Å². The van der Waals surface area contributed by atoms with E-state index in [0.717, 1.165) is 13.0 Å². The van der Waals surface area contributed by atoms with Gasteiger partial charge in [-0.2, -0.15) is 0 Å². The molecule has 13 heavy (non-hydrogen) atoms. The largest absolute Gasteiger partial charge is 0.351 e. The zero-order valence-corrected chi connectivity index (χ0v) is 9.44. The maximum atomic E-state index is 6.96. The molecule has 1 fully saturated rings. The number of halogens is 1. The molecule has 0 radical (unpaired) electrons. The summed E-state index contributed by atoms with van der Waals surface area (Å²) >= 11 is 2.31. The SMILES string of the molecule is [2H]C=C[C@@H](CC#C)O[C@H]1OCC[C@@H]1I. The summed E-state index contributed by atoms with van der Waals surface area (Å²) in [5.74, 6) is 2.52. The number of hydrogen-bond acceptors (Lipinski definition) is 2. The Balaban J connectivity index is 2.42. The van der Waals surface area contributed by atoms with Crippen LogP contribution < -0.4 is 0 Å². The van der Waals surface area contributed by atoms with Gasteiger partial charge in [0.05, 0.1) is 18.0 Å². The predicted molar refractivity (Wildman–Crippen MR) is 60.7 cm³/mol. The lowest BCUT2D eigenvalue weighted by Crippen LogP contribution is -2.25. The van der Waals surface area contributed by atoms with Crippen molar-refractivity contribution in [1.29, 1.82) is 0 Å². The molecule has 72 valence electrons. The monoisotopic (exact) mass is 293 g/mol. The summed E-state index contributed by atoms with van der Waals surface area (Å²) in [5, 5.41) is 0. The molecule has 3 atom stereocenters. The minimum Gasteiger partial charge on any atom is -0.351 e. The van der Waals surface area contributed by atoms with Crippen LogP contribution in [0.3, 0.4) is 0 Å². The van der Waals surface area contributed by atoms with Gasteiger partial charge in [-0.05, 0) is 6.42 Å². The van der Waals surface area contributed by atoms with Crippen LogP contribution in [0.4, 0.5) is 0 Å². The van der Waals surface area contributed by atoms with Crippen molar-refractivity contribution in [2.24, 2.45) is 0 Å². The van der Waals surface area contributed by atoms with Crippen molar-refractivity contribution in [3.63, 3.8) is 0 Å². The Morgan fingerprint density at radius 3 is 3.38 bits per heavy atom. The molecular weight excluding hydrogens is 279 g/mol. The normalized spacial score (nSPS) is 31.5. The molecule has 3 heteroatoms. The third kappa shape index (κ3) is 3.29. The zero-order chi connectivity index (χ0) is 10.4. The van der Waals surface area contributed by atoms with E-state index in [-0.39, 0.29) is 12.4 Å². The first-order valence-electron chi connectivity index (χ1n) is 4.75. The van der Waals surface area contributed by atoms with Crippen molar-refractivity contribution in [3.05, 3.63) is 12.6 Å². The molecule has 0 aliphatic carbocycles. The Labute approximate surface area is 94.2 Å². The topological polar surface area (TPSA) is 18.5 Å². The Hall–Kier alpha value is -0.0500. The number of terminal acetylenes is 1. The molecule has 0 aromatic heterocycles.